The lowest BCUT2D eigenvalue weighted by atomic mass is 10.3. The Hall–Kier alpha value is -3.62. The van der Waals surface area contributed by atoms with Crippen LogP contribution in [0.1, 0.15) is 24.5 Å². The summed E-state index contributed by atoms with van der Waals surface area (Å²) in [5.74, 6) is -2.26. The molecule has 1 N–H and O–H groups in total. The van der Waals surface area contributed by atoms with E-state index < -0.39 is 17.5 Å². The van der Waals surface area contributed by atoms with Gasteiger partial charge >= 0.3 is 0 Å². The van der Waals surface area contributed by atoms with Crippen LogP contribution in [0.25, 0.3) is 16.7 Å². The minimum atomic E-state index is -1.07. The first kappa shape index (κ1) is 17.5. The van der Waals surface area contributed by atoms with Gasteiger partial charge < -0.3 is 5.32 Å². The summed E-state index contributed by atoms with van der Waals surface area (Å²) in [5.41, 5.74) is 1.85. The Morgan fingerprint density at radius 1 is 1.14 bits per heavy atom. The second kappa shape index (κ2) is 6.47. The van der Waals surface area contributed by atoms with Gasteiger partial charge in [0.1, 0.15) is 12.1 Å². The highest BCUT2D eigenvalue weighted by Crippen LogP contribution is 2.39. The average molecular weight is 395 g/mol. The zero-order chi connectivity index (χ0) is 20.1. The third-order valence-electron chi connectivity index (χ3n) is 4.95. The molecule has 0 aliphatic heterocycles. The van der Waals surface area contributed by atoms with E-state index in [1.807, 2.05) is 0 Å². The van der Waals surface area contributed by atoms with Crippen molar-refractivity contribution in [1.82, 2.24) is 19.2 Å². The maximum Gasteiger partial charge on any atom is 0.277 e. The highest BCUT2D eigenvalue weighted by atomic mass is 19.2. The van der Waals surface area contributed by atoms with Crippen LogP contribution in [0.5, 0.6) is 0 Å². The SMILES string of the molecule is O=C(Cn1c(=O)c2cc(C3CC3)nn2c2ncccc21)Nc1ccc(F)c(F)c1. The van der Waals surface area contributed by atoms with Gasteiger partial charge in [-0.3, -0.25) is 14.2 Å². The smallest absolute Gasteiger partial charge is 0.277 e. The molecule has 0 atom stereocenters. The van der Waals surface area contributed by atoms with Crippen LogP contribution in [0, 0.1) is 11.6 Å². The van der Waals surface area contributed by atoms with Crippen LogP contribution < -0.4 is 10.9 Å². The third kappa shape index (κ3) is 3.04. The van der Waals surface area contributed by atoms with E-state index in [2.05, 4.69) is 15.4 Å². The van der Waals surface area contributed by atoms with Gasteiger partial charge in [-0.1, -0.05) is 0 Å². The van der Waals surface area contributed by atoms with E-state index in [9.17, 15) is 18.4 Å². The van der Waals surface area contributed by atoms with E-state index in [1.54, 1.807) is 24.4 Å². The first-order valence-electron chi connectivity index (χ1n) is 9.13. The van der Waals surface area contributed by atoms with Crippen molar-refractivity contribution in [2.75, 3.05) is 5.32 Å². The van der Waals surface area contributed by atoms with Gasteiger partial charge in [-0.2, -0.15) is 5.10 Å². The third-order valence-corrected chi connectivity index (χ3v) is 4.95. The number of carbonyl (C=O) groups excluding carboxylic acids is 1. The summed E-state index contributed by atoms with van der Waals surface area (Å²) in [5, 5.41) is 7.02. The van der Waals surface area contributed by atoms with Crippen molar-refractivity contribution in [3.8, 4) is 0 Å². The predicted octanol–water partition coefficient (Wildman–Crippen LogP) is 2.84. The number of fused-ring (bicyclic) bond motifs is 3. The summed E-state index contributed by atoms with van der Waals surface area (Å²) in [6, 6.07) is 8.17. The van der Waals surface area contributed by atoms with Crippen LogP contribution in [0.4, 0.5) is 14.5 Å². The summed E-state index contributed by atoms with van der Waals surface area (Å²) < 4.78 is 29.3. The molecule has 3 aromatic heterocycles. The Labute approximate surface area is 162 Å². The molecule has 0 radical (unpaired) electrons. The molecule has 1 amide bonds. The molecule has 4 aromatic rings. The molecule has 5 rings (SSSR count). The number of amides is 1. The minimum Gasteiger partial charge on any atom is -0.324 e. The monoisotopic (exact) mass is 395 g/mol. The van der Waals surface area contributed by atoms with Crippen LogP contribution in [0.2, 0.25) is 0 Å². The highest BCUT2D eigenvalue weighted by molar-refractivity contribution is 5.91. The maximum atomic E-state index is 13.4. The Kier molecular flexibility index (Phi) is 3.90. The van der Waals surface area contributed by atoms with Crippen molar-refractivity contribution in [1.29, 1.82) is 0 Å². The molecule has 7 nitrogen and oxygen atoms in total. The van der Waals surface area contributed by atoms with Crippen LogP contribution in [0.15, 0.2) is 47.4 Å². The maximum absolute atomic E-state index is 13.4. The Morgan fingerprint density at radius 3 is 2.72 bits per heavy atom. The molecule has 1 saturated carbocycles. The molecule has 1 fully saturated rings. The second-order valence-electron chi connectivity index (χ2n) is 7.06. The van der Waals surface area contributed by atoms with Crippen LogP contribution in [-0.4, -0.2) is 25.1 Å². The Balaban J connectivity index is 1.56. The van der Waals surface area contributed by atoms with E-state index in [0.29, 0.717) is 22.6 Å². The van der Waals surface area contributed by atoms with Crippen LogP contribution in [-0.2, 0) is 11.3 Å². The molecule has 0 spiro atoms. The molecule has 1 aliphatic carbocycles. The zero-order valence-electron chi connectivity index (χ0n) is 15.1. The topological polar surface area (TPSA) is 81.3 Å². The van der Waals surface area contributed by atoms with Crippen molar-refractivity contribution in [2.24, 2.45) is 0 Å². The molecular formula is C20H15F2N5O2. The van der Waals surface area contributed by atoms with Crippen molar-refractivity contribution in [2.45, 2.75) is 25.3 Å². The first-order chi connectivity index (χ1) is 14.0. The molecule has 0 saturated heterocycles. The minimum absolute atomic E-state index is 0.103. The summed E-state index contributed by atoms with van der Waals surface area (Å²) in [7, 11) is 0. The van der Waals surface area contributed by atoms with Gasteiger partial charge in [0.15, 0.2) is 17.3 Å². The molecule has 0 bridgehead atoms. The molecule has 1 aliphatic rings. The number of pyridine rings is 1. The zero-order valence-corrected chi connectivity index (χ0v) is 15.1. The molecule has 9 heteroatoms. The number of hydrogen-bond acceptors (Lipinski definition) is 4. The van der Waals surface area contributed by atoms with Crippen molar-refractivity contribution in [3.63, 3.8) is 0 Å². The van der Waals surface area contributed by atoms with Gasteiger partial charge in [0, 0.05) is 23.9 Å². The standard InChI is InChI=1S/C20H15F2N5O2/c21-13-6-5-12(8-14(13)22)24-18(28)10-26-16-2-1-7-23-19(16)27-17(20(26)29)9-15(25-27)11-3-4-11/h1-2,5-9,11H,3-4,10H2,(H,24,28). The number of benzene rings is 1. The second-order valence-corrected chi connectivity index (χ2v) is 7.06. The van der Waals surface area contributed by atoms with E-state index in [1.165, 1.54) is 15.1 Å². The lowest BCUT2D eigenvalue weighted by Gasteiger charge is -2.11. The number of halogens is 2. The molecular weight excluding hydrogens is 380 g/mol. The fourth-order valence-electron chi connectivity index (χ4n) is 3.38. The van der Waals surface area contributed by atoms with E-state index >= 15 is 0 Å². The fourth-order valence-corrected chi connectivity index (χ4v) is 3.38. The lowest BCUT2D eigenvalue weighted by molar-refractivity contribution is -0.116. The van der Waals surface area contributed by atoms with Gasteiger partial charge in [0.05, 0.1) is 11.2 Å². The van der Waals surface area contributed by atoms with Gasteiger partial charge in [0.2, 0.25) is 5.91 Å². The Morgan fingerprint density at radius 2 is 1.97 bits per heavy atom. The molecule has 3 heterocycles. The number of hydrogen-bond donors (Lipinski definition) is 1. The van der Waals surface area contributed by atoms with Crippen molar-refractivity contribution in [3.05, 3.63) is 70.3 Å². The van der Waals surface area contributed by atoms with Gasteiger partial charge in [-0.15, -0.1) is 0 Å². The van der Waals surface area contributed by atoms with Crippen molar-refractivity contribution < 1.29 is 13.6 Å². The summed E-state index contributed by atoms with van der Waals surface area (Å²) in [6.07, 6.45) is 3.68. The van der Waals surface area contributed by atoms with Gasteiger partial charge in [-0.25, -0.2) is 18.3 Å². The number of nitrogens with zero attached hydrogens (tertiary/aromatic N) is 4. The fraction of sp³-hybridized carbons (Fsp3) is 0.200. The molecule has 29 heavy (non-hydrogen) atoms. The van der Waals surface area contributed by atoms with Gasteiger partial charge in [-0.05, 0) is 43.2 Å². The highest BCUT2D eigenvalue weighted by Gasteiger charge is 2.28. The quantitative estimate of drug-likeness (QED) is 0.576. The number of rotatable bonds is 4. The number of carbonyl (C=O) groups is 1. The van der Waals surface area contributed by atoms with E-state index in [-0.39, 0.29) is 17.8 Å². The molecule has 1 aromatic carbocycles. The largest absolute Gasteiger partial charge is 0.324 e. The Bertz CT molecular complexity index is 1340. The van der Waals surface area contributed by atoms with Crippen LogP contribution >= 0.6 is 0 Å². The lowest BCUT2D eigenvalue weighted by Crippen LogP contribution is -2.29. The number of nitrogens with one attached hydrogen (secondary N) is 1. The number of aromatic nitrogens is 4. The van der Waals surface area contributed by atoms with E-state index in [0.717, 1.165) is 30.7 Å². The average Bonchev–Trinajstić information content (AvgIpc) is 3.46. The predicted molar refractivity (Wildman–Crippen MR) is 102 cm³/mol. The first-order valence-corrected chi connectivity index (χ1v) is 9.13. The number of anilines is 1. The summed E-state index contributed by atoms with van der Waals surface area (Å²) in [4.78, 5) is 29.9. The summed E-state index contributed by atoms with van der Waals surface area (Å²) >= 11 is 0. The normalized spacial score (nSPS) is 13.9. The van der Waals surface area contributed by atoms with Crippen LogP contribution in [0.3, 0.4) is 0 Å². The molecule has 0 unspecified atom stereocenters. The summed E-state index contributed by atoms with van der Waals surface area (Å²) in [6.45, 7) is -0.305. The van der Waals surface area contributed by atoms with E-state index in [4.69, 9.17) is 0 Å². The molecule has 146 valence electrons. The van der Waals surface area contributed by atoms with Gasteiger partial charge in [0.25, 0.3) is 5.56 Å². The van der Waals surface area contributed by atoms with Crippen molar-refractivity contribution >= 4 is 28.3 Å².